The topological polar surface area (TPSA) is 63.2 Å². The van der Waals surface area contributed by atoms with E-state index in [1.54, 1.807) is 13.8 Å². The predicted molar refractivity (Wildman–Crippen MR) is 73.4 cm³/mol. The fraction of sp³-hybridized carbons (Fsp3) is 0.923. The lowest BCUT2D eigenvalue weighted by atomic mass is 10.1. The van der Waals surface area contributed by atoms with E-state index < -0.39 is 23.0 Å². The van der Waals surface area contributed by atoms with Crippen molar-refractivity contribution in [2.24, 2.45) is 0 Å². The second-order valence-corrected chi connectivity index (χ2v) is 6.64. The summed E-state index contributed by atoms with van der Waals surface area (Å²) < 4.78 is 27.8. The highest BCUT2D eigenvalue weighted by Crippen LogP contribution is 2.41. The highest BCUT2D eigenvalue weighted by atomic mass is 79.9. The van der Waals surface area contributed by atoms with Crippen molar-refractivity contribution in [3.8, 4) is 0 Å². The third-order valence-electron chi connectivity index (χ3n) is 3.14. The fourth-order valence-corrected chi connectivity index (χ4v) is 2.98. The smallest absolute Gasteiger partial charge is 0.322 e. The van der Waals surface area contributed by atoms with Gasteiger partial charge in [0.15, 0.2) is 12.1 Å². The van der Waals surface area contributed by atoms with Crippen molar-refractivity contribution in [3.63, 3.8) is 0 Å². The Morgan fingerprint density at radius 1 is 1.25 bits per heavy atom. The number of ether oxygens (including phenoxy) is 5. The first-order valence-corrected chi connectivity index (χ1v) is 7.55. The Hall–Kier alpha value is -0.210. The van der Waals surface area contributed by atoms with Crippen LogP contribution in [0.2, 0.25) is 0 Å². The average molecular weight is 353 g/mol. The van der Waals surface area contributed by atoms with Gasteiger partial charge in [-0.25, -0.2) is 0 Å². The quantitative estimate of drug-likeness (QED) is 0.565. The van der Waals surface area contributed by atoms with E-state index in [-0.39, 0.29) is 24.3 Å². The van der Waals surface area contributed by atoms with Crippen molar-refractivity contribution in [1.29, 1.82) is 0 Å². The highest BCUT2D eigenvalue weighted by Gasteiger charge is 2.58. The molecule has 0 aromatic heterocycles. The largest absolute Gasteiger partial charge is 0.462 e. The molecule has 2 saturated heterocycles. The number of hydrogen-bond acceptors (Lipinski definition) is 6. The van der Waals surface area contributed by atoms with Crippen molar-refractivity contribution >= 4 is 21.9 Å². The lowest BCUT2D eigenvalue weighted by molar-refractivity contribution is -0.227. The molecule has 6 nitrogen and oxygen atoms in total. The van der Waals surface area contributed by atoms with E-state index >= 15 is 0 Å². The van der Waals surface area contributed by atoms with Crippen molar-refractivity contribution in [2.75, 3.05) is 7.11 Å². The van der Waals surface area contributed by atoms with Crippen molar-refractivity contribution in [1.82, 2.24) is 0 Å². The van der Waals surface area contributed by atoms with Crippen LogP contribution in [-0.4, -0.2) is 54.4 Å². The van der Waals surface area contributed by atoms with Crippen LogP contribution >= 0.6 is 15.9 Å². The van der Waals surface area contributed by atoms with Gasteiger partial charge in [-0.05, 0) is 27.7 Å². The van der Waals surface area contributed by atoms with E-state index in [1.165, 1.54) is 7.11 Å². The summed E-state index contributed by atoms with van der Waals surface area (Å²) in [5, 5.41) is 0. The van der Waals surface area contributed by atoms with E-state index in [2.05, 4.69) is 15.9 Å². The SMILES string of the molecule is CO[C@@H]1O[C@H](C(Br)C(=O)OC(C)C)[C@H]2OC(C)(C)O[C@@H]12. The molecular weight excluding hydrogens is 332 g/mol. The van der Waals surface area contributed by atoms with E-state index in [0.717, 1.165) is 0 Å². The molecule has 0 bridgehead atoms. The molecule has 0 saturated carbocycles. The maximum Gasteiger partial charge on any atom is 0.322 e. The lowest BCUT2D eigenvalue weighted by Gasteiger charge is -2.25. The molecule has 0 radical (unpaired) electrons. The first-order valence-electron chi connectivity index (χ1n) is 6.63. The molecule has 2 rings (SSSR count). The molecular formula is C13H21BrO6. The second-order valence-electron chi connectivity index (χ2n) is 5.66. The number of halogens is 1. The van der Waals surface area contributed by atoms with Gasteiger partial charge in [0.1, 0.15) is 23.1 Å². The van der Waals surface area contributed by atoms with Crippen LogP contribution in [0.4, 0.5) is 0 Å². The molecule has 116 valence electrons. The Morgan fingerprint density at radius 3 is 2.40 bits per heavy atom. The summed E-state index contributed by atoms with van der Waals surface area (Å²) in [6.45, 7) is 7.24. The molecule has 7 heteroatoms. The summed E-state index contributed by atoms with van der Waals surface area (Å²) in [6.07, 6.45) is -1.99. The molecule has 0 amide bonds. The maximum atomic E-state index is 12.0. The van der Waals surface area contributed by atoms with Gasteiger partial charge in [-0.3, -0.25) is 4.79 Å². The maximum absolute atomic E-state index is 12.0. The van der Waals surface area contributed by atoms with Gasteiger partial charge >= 0.3 is 5.97 Å². The van der Waals surface area contributed by atoms with Gasteiger partial charge in [-0.2, -0.15) is 0 Å². The van der Waals surface area contributed by atoms with E-state index in [1.807, 2.05) is 13.8 Å². The van der Waals surface area contributed by atoms with Crippen LogP contribution < -0.4 is 0 Å². The molecule has 0 aliphatic carbocycles. The molecule has 2 fully saturated rings. The van der Waals surface area contributed by atoms with Crippen molar-refractivity contribution in [2.45, 2.75) is 69.0 Å². The number of alkyl halides is 1. The Bertz CT molecular complexity index is 372. The van der Waals surface area contributed by atoms with Crippen LogP contribution in [0, 0.1) is 0 Å². The summed E-state index contributed by atoms with van der Waals surface area (Å²) in [4.78, 5) is 11.4. The molecule has 0 spiro atoms. The molecule has 0 aromatic carbocycles. The summed E-state index contributed by atoms with van der Waals surface area (Å²) in [5.74, 6) is -1.10. The number of methoxy groups -OCH3 is 1. The number of rotatable bonds is 4. The van der Waals surface area contributed by atoms with E-state index in [9.17, 15) is 4.79 Å². The number of carbonyl (C=O) groups excluding carboxylic acids is 1. The monoisotopic (exact) mass is 352 g/mol. The summed E-state index contributed by atoms with van der Waals surface area (Å²) in [6, 6.07) is 0. The average Bonchev–Trinajstić information content (AvgIpc) is 2.80. The van der Waals surface area contributed by atoms with Crippen LogP contribution in [-0.2, 0) is 28.5 Å². The fourth-order valence-electron chi connectivity index (χ4n) is 2.45. The van der Waals surface area contributed by atoms with Gasteiger partial charge in [0.05, 0.1) is 6.10 Å². The summed E-state index contributed by atoms with van der Waals surface area (Å²) in [5.41, 5.74) is 0. The van der Waals surface area contributed by atoms with Gasteiger partial charge in [0.2, 0.25) is 0 Å². The minimum atomic E-state index is -0.719. The van der Waals surface area contributed by atoms with Gasteiger partial charge < -0.3 is 23.7 Å². The van der Waals surface area contributed by atoms with Crippen LogP contribution in [0.5, 0.6) is 0 Å². The number of hydrogen-bond donors (Lipinski definition) is 0. The first kappa shape index (κ1) is 16.2. The zero-order valence-electron chi connectivity index (χ0n) is 12.3. The Labute approximate surface area is 127 Å². The number of esters is 1. The third-order valence-corrected chi connectivity index (χ3v) is 4.04. The number of fused-ring (bicyclic) bond motifs is 1. The minimum absolute atomic E-state index is 0.185. The van der Waals surface area contributed by atoms with Crippen LogP contribution in [0.25, 0.3) is 0 Å². The first-order chi connectivity index (χ1) is 9.25. The van der Waals surface area contributed by atoms with Crippen LogP contribution in [0.1, 0.15) is 27.7 Å². The Kier molecular flexibility index (Phi) is 4.76. The lowest BCUT2D eigenvalue weighted by Crippen LogP contribution is -2.41. The molecule has 0 N–H and O–H groups in total. The third kappa shape index (κ3) is 3.17. The molecule has 2 aliphatic rings. The van der Waals surface area contributed by atoms with Crippen molar-refractivity contribution in [3.05, 3.63) is 0 Å². The summed E-state index contributed by atoms with van der Waals surface area (Å²) in [7, 11) is 1.54. The zero-order valence-corrected chi connectivity index (χ0v) is 13.9. The summed E-state index contributed by atoms with van der Waals surface area (Å²) >= 11 is 3.34. The van der Waals surface area contributed by atoms with Gasteiger partial charge in [0.25, 0.3) is 0 Å². The van der Waals surface area contributed by atoms with Gasteiger partial charge in [0, 0.05) is 7.11 Å². The van der Waals surface area contributed by atoms with Crippen LogP contribution in [0.3, 0.4) is 0 Å². The zero-order chi connectivity index (χ0) is 15.1. The molecule has 5 atom stereocenters. The van der Waals surface area contributed by atoms with E-state index in [4.69, 9.17) is 23.7 Å². The second kappa shape index (κ2) is 5.88. The molecule has 2 aliphatic heterocycles. The molecule has 0 aromatic rings. The predicted octanol–water partition coefficient (Wildman–Crippen LogP) is 1.59. The van der Waals surface area contributed by atoms with Crippen molar-refractivity contribution < 1.29 is 28.5 Å². The normalized spacial score (nSPS) is 37.0. The number of carbonyl (C=O) groups is 1. The Balaban J connectivity index is 2.10. The highest BCUT2D eigenvalue weighted by molar-refractivity contribution is 9.10. The molecule has 1 unspecified atom stereocenters. The van der Waals surface area contributed by atoms with E-state index in [0.29, 0.717) is 0 Å². The van der Waals surface area contributed by atoms with Gasteiger partial charge in [-0.1, -0.05) is 15.9 Å². The van der Waals surface area contributed by atoms with Gasteiger partial charge in [-0.15, -0.1) is 0 Å². The van der Waals surface area contributed by atoms with Crippen LogP contribution in [0.15, 0.2) is 0 Å². The molecule has 20 heavy (non-hydrogen) atoms. The minimum Gasteiger partial charge on any atom is -0.462 e. The molecule has 2 heterocycles. The standard InChI is InChI=1S/C13H21BrO6/c1-6(2)17-11(15)7(14)8-9-10(12(16-5)18-8)20-13(3,4)19-9/h6-10,12H,1-5H3/t7?,8-,9-,10-,12-/m1/s1. The Morgan fingerprint density at radius 2 is 1.85 bits per heavy atom.